The lowest BCUT2D eigenvalue weighted by atomic mass is 9.46. The van der Waals surface area contributed by atoms with Gasteiger partial charge in [-0.05, 0) is 55.4 Å². The molecule has 0 amide bonds. The molecule has 5 nitrogen and oxygen atoms in total. The quantitative estimate of drug-likeness (QED) is 0.727. The van der Waals surface area contributed by atoms with Gasteiger partial charge in [0.2, 0.25) is 0 Å². The summed E-state index contributed by atoms with van der Waals surface area (Å²) in [6, 6.07) is 0. The van der Waals surface area contributed by atoms with Gasteiger partial charge >= 0.3 is 0 Å². The normalized spacial score (nSPS) is 42.3. The van der Waals surface area contributed by atoms with E-state index in [1.807, 2.05) is 6.92 Å². The summed E-state index contributed by atoms with van der Waals surface area (Å²) < 4.78 is 0. The van der Waals surface area contributed by atoms with Gasteiger partial charge in [-0.25, -0.2) is 0 Å². The number of allylic oxidation sites excluding steroid dienone is 1. The van der Waals surface area contributed by atoms with Gasteiger partial charge in [0.15, 0.2) is 11.6 Å². The maximum absolute atomic E-state index is 13.3. The van der Waals surface area contributed by atoms with Gasteiger partial charge in [-0.15, -0.1) is 0 Å². The third-order valence-electron chi connectivity index (χ3n) is 8.91. The Morgan fingerprint density at radius 2 is 1.77 bits per heavy atom. The monoisotopic (exact) mass is 418 g/mol. The zero-order valence-corrected chi connectivity index (χ0v) is 19.0. The maximum Gasteiger partial charge on any atom is 0.190 e. The Bertz CT molecular complexity index is 753. The van der Waals surface area contributed by atoms with Crippen molar-refractivity contribution in [3.63, 3.8) is 0 Å². The van der Waals surface area contributed by atoms with Crippen LogP contribution in [0.1, 0.15) is 85.5 Å². The van der Waals surface area contributed by atoms with Crippen LogP contribution in [-0.4, -0.2) is 39.8 Å². The molecule has 0 unspecified atom stereocenters. The summed E-state index contributed by atoms with van der Waals surface area (Å²) in [5, 5.41) is 20.5. The van der Waals surface area contributed by atoms with Crippen LogP contribution in [-0.2, 0) is 14.4 Å². The van der Waals surface area contributed by atoms with Gasteiger partial charge in [-0.1, -0.05) is 46.1 Å². The number of hydrogen-bond donors (Lipinski definition) is 2. The molecule has 4 aliphatic rings. The molecule has 30 heavy (non-hydrogen) atoms. The molecule has 168 valence electrons. The summed E-state index contributed by atoms with van der Waals surface area (Å²) in [5.74, 6) is -0.172. The lowest BCUT2D eigenvalue weighted by Gasteiger charge is -2.57. The molecule has 0 aromatic carbocycles. The van der Waals surface area contributed by atoms with E-state index in [-0.39, 0.29) is 41.2 Å². The zero-order valence-electron chi connectivity index (χ0n) is 19.0. The fourth-order valence-electron chi connectivity index (χ4n) is 6.98. The summed E-state index contributed by atoms with van der Waals surface area (Å²) in [6.45, 7) is 7.67. The number of ketones is 3. The van der Waals surface area contributed by atoms with Crippen molar-refractivity contribution in [3.8, 4) is 0 Å². The first kappa shape index (κ1) is 23.3. The minimum Gasteiger partial charge on any atom is -0.388 e. The summed E-state index contributed by atoms with van der Waals surface area (Å²) in [6.07, 6.45) is 8.46. The largest absolute Gasteiger partial charge is 0.388 e. The highest BCUT2D eigenvalue weighted by atomic mass is 16.3. The van der Waals surface area contributed by atoms with Gasteiger partial charge in [-0.3, -0.25) is 14.4 Å². The summed E-state index contributed by atoms with van der Waals surface area (Å²) in [4.78, 5) is 37.5. The van der Waals surface area contributed by atoms with Crippen LogP contribution in [0.2, 0.25) is 0 Å². The van der Waals surface area contributed by atoms with Crippen molar-refractivity contribution in [1.82, 2.24) is 0 Å². The van der Waals surface area contributed by atoms with Gasteiger partial charge in [0.1, 0.15) is 18.0 Å². The van der Waals surface area contributed by atoms with Crippen molar-refractivity contribution in [3.05, 3.63) is 11.6 Å². The Morgan fingerprint density at radius 3 is 2.37 bits per heavy atom. The van der Waals surface area contributed by atoms with Gasteiger partial charge < -0.3 is 10.2 Å². The second kappa shape index (κ2) is 8.31. The standard InChI is InChI=1S/C21H28O5.C4H10/c1-19-7-5-13(23)9-12(19)3-4-14-15-6-8-21(26,17(25)11-22)20(15,2)10-16(24)18(14)19;1-3-4-2/h9,14-15,18,22,26H,3-8,10-11H2,1-2H3;3-4H2,1-2H3/t14-,15-,18+,19-,20-,21-;/m0./s1. The van der Waals surface area contributed by atoms with Crippen molar-refractivity contribution in [2.75, 3.05) is 6.61 Å². The van der Waals surface area contributed by atoms with Crippen molar-refractivity contribution >= 4 is 17.3 Å². The van der Waals surface area contributed by atoms with Crippen LogP contribution in [0.25, 0.3) is 0 Å². The van der Waals surface area contributed by atoms with Gasteiger partial charge in [-0.2, -0.15) is 0 Å². The molecule has 0 heterocycles. The maximum atomic E-state index is 13.3. The molecule has 4 aliphatic carbocycles. The average Bonchev–Trinajstić information content (AvgIpc) is 2.99. The van der Waals surface area contributed by atoms with Crippen LogP contribution < -0.4 is 0 Å². The molecule has 0 radical (unpaired) electrons. The molecule has 0 bridgehead atoms. The average molecular weight is 419 g/mol. The minimum absolute atomic E-state index is 0.0988. The Kier molecular flexibility index (Phi) is 6.46. The van der Waals surface area contributed by atoms with Crippen molar-refractivity contribution in [2.45, 2.75) is 91.1 Å². The fraction of sp³-hybridized carbons (Fsp3) is 0.800. The molecule has 4 rings (SSSR count). The van der Waals surface area contributed by atoms with E-state index in [0.717, 1.165) is 18.4 Å². The lowest BCUT2D eigenvalue weighted by Crippen LogP contribution is -2.60. The highest BCUT2D eigenvalue weighted by Crippen LogP contribution is 2.66. The number of aliphatic hydroxyl groups is 2. The zero-order chi connectivity index (χ0) is 22.3. The van der Waals surface area contributed by atoms with Crippen LogP contribution >= 0.6 is 0 Å². The molecule has 0 aromatic rings. The van der Waals surface area contributed by atoms with Gasteiger partial charge in [0.05, 0.1) is 0 Å². The first-order chi connectivity index (χ1) is 14.1. The molecule has 2 N–H and O–H groups in total. The Morgan fingerprint density at radius 1 is 1.10 bits per heavy atom. The van der Waals surface area contributed by atoms with Crippen LogP contribution in [0.15, 0.2) is 11.6 Å². The Balaban J connectivity index is 0.000000589. The highest BCUT2D eigenvalue weighted by Gasteiger charge is 2.68. The smallest absolute Gasteiger partial charge is 0.190 e. The number of Topliss-reactive ketones (excluding diaryl/α,β-unsaturated/α-hetero) is 2. The molecular formula is C25H38O5. The SMILES string of the molecule is CCCC.C[C@]12CCC(=O)C=C1CC[C@@H]1[C@@H]2C(=O)C[C@@]2(C)[C@H]1CC[C@]2(O)C(=O)CO. The van der Waals surface area contributed by atoms with E-state index < -0.39 is 23.4 Å². The number of unbranched alkanes of at least 4 members (excludes halogenated alkanes) is 1. The predicted molar refractivity (Wildman–Crippen MR) is 115 cm³/mol. The van der Waals surface area contributed by atoms with Gasteiger partial charge in [0, 0.05) is 24.2 Å². The number of fused-ring (bicyclic) bond motifs is 5. The topological polar surface area (TPSA) is 91.7 Å². The lowest BCUT2D eigenvalue weighted by molar-refractivity contribution is -0.170. The summed E-state index contributed by atoms with van der Waals surface area (Å²) in [7, 11) is 0. The van der Waals surface area contributed by atoms with E-state index in [1.165, 1.54) is 12.8 Å². The van der Waals surface area contributed by atoms with E-state index in [1.54, 1.807) is 6.08 Å². The van der Waals surface area contributed by atoms with E-state index in [0.29, 0.717) is 25.7 Å². The molecule has 0 spiro atoms. The molecule has 5 heteroatoms. The molecule has 3 saturated carbocycles. The first-order valence-corrected chi connectivity index (χ1v) is 11.7. The molecule has 6 atom stereocenters. The molecule has 0 aromatic heterocycles. The third kappa shape index (κ3) is 3.33. The second-order valence-corrected chi connectivity index (χ2v) is 10.4. The van der Waals surface area contributed by atoms with Crippen LogP contribution in [0.5, 0.6) is 0 Å². The molecular weight excluding hydrogens is 380 g/mol. The van der Waals surface area contributed by atoms with Crippen LogP contribution in [0.3, 0.4) is 0 Å². The van der Waals surface area contributed by atoms with Gasteiger partial charge in [0.25, 0.3) is 0 Å². The Labute approximate surface area is 180 Å². The fourth-order valence-corrected chi connectivity index (χ4v) is 6.98. The van der Waals surface area contributed by atoms with E-state index in [2.05, 4.69) is 20.8 Å². The van der Waals surface area contributed by atoms with Crippen molar-refractivity contribution in [2.24, 2.45) is 28.6 Å². The number of hydrogen-bond acceptors (Lipinski definition) is 5. The predicted octanol–water partition coefficient (Wildman–Crippen LogP) is 3.80. The van der Waals surface area contributed by atoms with Crippen molar-refractivity contribution < 1.29 is 24.6 Å². The second-order valence-electron chi connectivity index (χ2n) is 10.4. The van der Waals surface area contributed by atoms with E-state index in [9.17, 15) is 24.6 Å². The molecule has 0 saturated heterocycles. The third-order valence-corrected chi connectivity index (χ3v) is 8.91. The number of carbonyl (C=O) groups is 3. The Hall–Kier alpha value is -1.33. The van der Waals surface area contributed by atoms with Crippen LogP contribution in [0.4, 0.5) is 0 Å². The van der Waals surface area contributed by atoms with E-state index in [4.69, 9.17) is 0 Å². The molecule has 3 fully saturated rings. The van der Waals surface area contributed by atoms with Crippen molar-refractivity contribution in [1.29, 1.82) is 0 Å². The first-order valence-electron chi connectivity index (χ1n) is 11.7. The summed E-state index contributed by atoms with van der Waals surface area (Å²) >= 11 is 0. The number of rotatable bonds is 3. The van der Waals surface area contributed by atoms with Crippen LogP contribution in [0, 0.1) is 28.6 Å². The number of aliphatic hydroxyl groups excluding tert-OH is 1. The summed E-state index contributed by atoms with van der Waals surface area (Å²) in [5.41, 5.74) is -1.55. The minimum atomic E-state index is -1.60. The van der Waals surface area contributed by atoms with E-state index >= 15 is 0 Å². The number of carbonyl (C=O) groups excluding carboxylic acids is 3. The molecule has 0 aliphatic heterocycles. The highest BCUT2D eigenvalue weighted by molar-refractivity contribution is 5.94.